The molecule has 5 nitrogen and oxygen atoms in total. The maximum atomic E-state index is 4.45. The van der Waals surface area contributed by atoms with Gasteiger partial charge in [0.15, 0.2) is 0 Å². The fraction of sp³-hybridized carbons (Fsp3) is 0.875. The van der Waals surface area contributed by atoms with Crippen LogP contribution in [0.5, 0.6) is 0 Å². The molecule has 3 rings (SSSR count). The maximum absolute atomic E-state index is 4.45. The Balaban J connectivity index is 1.77. The van der Waals surface area contributed by atoms with Crippen LogP contribution in [0.3, 0.4) is 0 Å². The van der Waals surface area contributed by atoms with Crippen molar-refractivity contribution in [2.75, 3.05) is 13.1 Å². The lowest BCUT2D eigenvalue weighted by Gasteiger charge is -2.52. The van der Waals surface area contributed by atoms with Crippen LogP contribution < -0.4 is 5.32 Å². The first-order valence-corrected chi connectivity index (χ1v) is 8.55. The van der Waals surface area contributed by atoms with E-state index < -0.39 is 0 Å². The first kappa shape index (κ1) is 15.0. The number of nitrogens with zero attached hydrogens (tertiary/aromatic N) is 4. The third-order valence-electron chi connectivity index (χ3n) is 5.39. The molecule has 1 aliphatic heterocycles. The van der Waals surface area contributed by atoms with Gasteiger partial charge in [0.1, 0.15) is 12.2 Å². The second-order valence-corrected chi connectivity index (χ2v) is 6.83. The number of aromatic nitrogens is 3. The third-order valence-corrected chi connectivity index (χ3v) is 5.39. The van der Waals surface area contributed by atoms with Crippen molar-refractivity contribution in [1.82, 2.24) is 25.0 Å². The van der Waals surface area contributed by atoms with Crippen molar-refractivity contribution in [3.05, 3.63) is 12.2 Å². The lowest BCUT2D eigenvalue weighted by Crippen LogP contribution is -2.64. The van der Waals surface area contributed by atoms with E-state index in [4.69, 9.17) is 0 Å². The van der Waals surface area contributed by atoms with Crippen molar-refractivity contribution in [3.8, 4) is 0 Å². The molecule has 1 spiro atoms. The van der Waals surface area contributed by atoms with Crippen LogP contribution in [0, 0.1) is 0 Å². The van der Waals surface area contributed by atoms with Gasteiger partial charge < -0.3 is 5.32 Å². The number of aryl methyl sites for hydroxylation is 1. The summed E-state index contributed by atoms with van der Waals surface area (Å²) in [5, 5.41) is 8.05. The molecule has 0 bridgehead atoms. The third kappa shape index (κ3) is 3.14. The highest BCUT2D eigenvalue weighted by molar-refractivity contribution is 5.02. The van der Waals surface area contributed by atoms with Gasteiger partial charge in [0.05, 0.1) is 6.54 Å². The zero-order chi connectivity index (χ0) is 14.7. The molecule has 1 aromatic rings. The van der Waals surface area contributed by atoms with Crippen LogP contribution in [-0.2, 0) is 13.6 Å². The highest BCUT2D eigenvalue weighted by atomic mass is 15.4. The topological polar surface area (TPSA) is 46.0 Å². The summed E-state index contributed by atoms with van der Waals surface area (Å²) in [4.78, 5) is 7.16. The average molecular weight is 291 g/mol. The van der Waals surface area contributed by atoms with Gasteiger partial charge in [-0.25, -0.2) is 4.98 Å². The molecule has 2 heterocycles. The molecule has 0 aromatic carbocycles. The maximum Gasteiger partial charge on any atom is 0.140 e. The van der Waals surface area contributed by atoms with E-state index in [2.05, 4.69) is 27.2 Å². The molecule has 0 radical (unpaired) electrons. The van der Waals surface area contributed by atoms with E-state index in [0.29, 0.717) is 11.6 Å². The molecule has 118 valence electrons. The number of hydrogen-bond acceptors (Lipinski definition) is 4. The summed E-state index contributed by atoms with van der Waals surface area (Å²) < 4.78 is 1.92. The summed E-state index contributed by atoms with van der Waals surface area (Å²) in [6, 6.07) is 0.635. The number of nitrogens with one attached hydrogen (secondary N) is 1. The summed E-state index contributed by atoms with van der Waals surface area (Å²) in [5.41, 5.74) is 0.356. The van der Waals surface area contributed by atoms with Crippen molar-refractivity contribution in [2.45, 2.75) is 70.0 Å². The van der Waals surface area contributed by atoms with Crippen molar-refractivity contribution in [3.63, 3.8) is 0 Å². The van der Waals surface area contributed by atoms with Crippen molar-refractivity contribution in [2.24, 2.45) is 7.05 Å². The predicted octanol–water partition coefficient (Wildman–Crippen LogP) is 2.09. The number of piperazine rings is 1. The first-order valence-electron chi connectivity index (χ1n) is 8.55. The Morgan fingerprint density at radius 1 is 1.33 bits per heavy atom. The molecule has 5 heteroatoms. The average Bonchev–Trinajstić information content (AvgIpc) is 2.90. The van der Waals surface area contributed by atoms with Gasteiger partial charge in [0.2, 0.25) is 0 Å². The highest BCUT2D eigenvalue weighted by Gasteiger charge is 2.42. The van der Waals surface area contributed by atoms with Crippen molar-refractivity contribution in [1.29, 1.82) is 0 Å². The van der Waals surface area contributed by atoms with Crippen LogP contribution >= 0.6 is 0 Å². The van der Waals surface area contributed by atoms with E-state index in [-0.39, 0.29) is 0 Å². The number of hydrogen-bond donors (Lipinski definition) is 1. The SMILES string of the molecule is CCCC1CN(Cc2ncnn2C)C2(CCCCC2)CN1. The van der Waals surface area contributed by atoms with Crippen LogP contribution in [0.1, 0.15) is 57.7 Å². The Kier molecular flexibility index (Phi) is 4.60. The van der Waals surface area contributed by atoms with Crippen LogP contribution in [0.4, 0.5) is 0 Å². The van der Waals surface area contributed by atoms with E-state index in [1.54, 1.807) is 6.33 Å². The highest BCUT2D eigenvalue weighted by Crippen LogP contribution is 2.36. The minimum absolute atomic E-state index is 0.356. The van der Waals surface area contributed by atoms with Crippen LogP contribution in [0.15, 0.2) is 6.33 Å². The molecule has 2 aliphatic rings. The summed E-state index contributed by atoms with van der Waals surface area (Å²) in [7, 11) is 2.00. The quantitative estimate of drug-likeness (QED) is 0.923. The van der Waals surface area contributed by atoms with Gasteiger partial charge in [-0.3, -0.25) is 9.58 Å². The Morgan fingerprint density at radius 3 is 2.81 bits per heavy atom. The fourth-order valence-electron chi connectivity index (χ4n) is 4.08. The molecule has 2 fully saturated rings. The van der Waals surface area contributed by atoms with E-state index >= 15 is 0 Å². The standard InChI is InChI=1S/C16H29N5/c1-3-7-14-10-21(11-15-18-13-19-20(15)2)16(12-17-14)8-5-4-6-9-16/h13-14,17H,3-12H2,1-2H3. The van der Waals surface area contributed by atoms with E-state index in [1.165, 1.54) is 44.9 Å². The van der Waals surface area contributed by atoms with Crippen LogP contribution in [0.25, 0.3) is 0 Å². The minimum atomic E-state index is 0.356. The second-order valence-electron chi connectivity index (χ2n) is 6.83. The molecule has 1 saturated carbocycles. The Hall–Kier alpha value is -0.940. The zero-order valence-corrected chi connectivity index (χ0v) is 13.5. The lowest BCUT2D eigenvalue weighted by atomic mass is 9.78. The first-order chi connectivity index (χ1) is 10.2. The number of rotatable bonds is 4. The van der Waals surface area contributed by atoms with E-state index in [1.807, 2.05) is 11.7 Å². The lowest BCUT2D eigenvalue weighted by molar-refractivity contribution is -0.000594. The molecule has 1 N–H and O–H groups in total. The van der Waals surface area contributed by atoms with Gasteiger partial charge >= 0.3 is 0 Å². The van der Waals surface area contributed by atoms with Crippen LogP contribution in [-0.4, -0.2) is 44.3 Å². The zero-order valence-electron chi connectivity index (χ0n) is 13.5. The molecule has 1 unspecified atom stereocenters. The molecule has 1 aromatic heterocycles. The van der Waals surface area contributed by atoms with Gasteiger partial charge in [-0.05, 0) is 19.3 Å². The molecule has 21 heavy (non-hydrogen) atoms. The summed E-state index contributed by atoms with van der Waals surface area (Å²) in [6.45, 7) is 5.52. The Labute approximate surface area is 128 Å². The largest absolute Gasteiger partial charge is 0.311 e. The normalized spacial score (nSPS) is 26.3. The molecular formula is C16H29N5. The van der Waals surface area contributed by atoms with Gasteiger partial charge in [-0.15, -0.1) is 0 Å². The predicted molar refractivity (Wildman–Crippen MR) is 83.9 cm³/mol. The van der Waals surface area contributed by atoms with Gasteiger partial charge in [0.25, 0.3) is 0 Å². The minimum Gasteiger partial charge on any atom is -0.311 e. The van der Waals surface area contributed by atoms with Crippen molar-refractivity contribution >= 4 is 0 Å². The summed E-state index contributed by atoms with van der Waals surface area (Å²) in [5.74, 6) is 1.09. The Bertz CT molecular complexity index is 449. The van der Waals surface area contributed by atoms with Gasteiger partial charge in [-0.1, -0.05) is 32.6 Å². The van der Waals surface area contributed by atoms with E-state index in [9.17, 15) is 0 Å². The monoisotopic (exact) mass is 291 g/mol. The fourth-order valence-corrected chi connectivity index (χ4v) is 4.08. The van der Waals surface area contributed by atoms with E-state index in [0.717, 1.165) is 25.5 Å². The Morgan fingerprint density at radius 2 is 2.14 bits per heavy atom. The van der Waals surface area contributed by atoms with Crippen LogP contribution in [0.2, 0.25) is 0 Å². The van der Waals surface area contributed by atoms with Crippen molar-refractivity contribution < 1.29 is 0 Å². The summed E-state index contributed by atoms with van der Waals surface area (Å²) in [6.07, 6.45) is 11.0. The smallest absolute Gasteiger partial charge is 0.140 e. The van der Waals surface area contributed by atoms with Gasteiger partial charge in [-0.2, -0.15) is 5.10 Å². The molecule has 1 saturated heterocycles. The summed E-state index contributed by atoms with van der Waals surface area (Å²) >= 11 is 0. The molecule has 0 amide bonds. The van der Waals surface area contributed by atoms with Gasteiger partial charge in [0, 0.05) is 31.7 Å². The molecule has 1 atom stereocenters. The second kappa shape index (κ2) is 6.44. The molecule has 1 aliphatic carbocycles. The molecular weight excluding hydrogens is 262 g/mol.